The van der Waals surface area contributed by atoms with Gasteiger partial charge in [-0.2, -0.15) is 13.5 Å². The molecule has 1 aromatic heterocycles. The Morgan fingerprint density at radius 1 is 1.27 bits per heavy atom. The molecule has 140 valence electrons. The van der Waals surface area contributed by atoms with E-state index in [2.05, 4.69) is 14.6 Å². The summed E-state index contributed by atoms with van der Waals surface area (Å²) >= 11 is 0. The number of aromatic carboxylic acids is 1. The number of aromatic nitrogens is 2. The number of nitrogens with one attached hydrogen (secondary N) is 1. The Hall–Kier alpha value is -2.92. The molecule has 0 aliphatic carbocycles. The molecule has 2 aromatic rings. The van der Waals surface area contributed by atoms with Crippen molar-refractivity contribution in [2.45, 2.75) is 13.2 Å². The molecular formula is C15H17N3O7S. The molecule has 11 heteroatoms. The minimum atomic E-state index is -3.65. The Balaban J connectivity index is 2.04. The van der Waals surface area contributed by atoms with E-state index in [4.69, 9.17) is 4.74 Å². The van der Waals surface area contributed by atoms with Crippen LogP contribution in [0.1, 0.15) is 15.9 Å². The topological polar surface area (TPSA) is 137 Å². The van der Waals surface area contributed by atoms with Gasteiger partial charge in [-0.3, -0.25) is 9.50 Å². The Bertz CT molecular complexity index is 878. The highest BCUT2D eigenvalue weighted by molar-refractivity contribution is 7.85. The Kier molecular flexibility index (Phi) is 6.31. The number of hydrogen-bond acceptors (Lipinski definition) is 7. The van der Waals surface area contributed by atoms with E-state index in [0.717, 1.165) is 22.7 Å². The van der Waals surface area contributed by atoms with Gasteiger partial charge in [0.05, 0.1) is 25.6 Å². The standard InChI is InChI=1S/C15H17N3O7S/c1-26(22,23)25-8-7-18-13(12(9-16-18)14(19)20)17-15(21)24-10-11-5-3-2-4-6-11/h2-6,9H,7-8,10H2,1H3,(H,17,21)(H,19,20). The number of benzene rings is 1. The van der Waals surface area contributed by atoms with Gasteiger partial charge in [0.2, 0.25) is 0 Å². The van der Waals surface area contributed by atoms with Crippen molar-refractivity contribution >= 4 is 28.0 Å². The first-order valence-electron chi connectivity index (χ1n) is 7.37. The molecule has 0 aliphatic heterocycles. The summed E-state index contributed by atoms with van der Waals surface area (Å²) in [7, 11) is -3.65. The predicted octanol–water partition coefficient (Wildman–Crippen LogP) is 1.31. The van der Waals surface area contributed by atoms with Crippen molar-refractivity contribution in [3.8, 4) is 0 Å². The van der Waals surface area contributed by atoms with Gasteiger partial charge in [-0.1, -0.05) is 30.3 Å². The van der Waals surface area contributed by atoms with Gasteiger partial charge in [-0.15, -0.1) is 0 Å². The zero-order valence-electron chi connectivity index (χ0n) is 13.8. The molecule has 1 heterocycles. The van der Waals surface area contributed by atoms with Gasteiger partial charge in [0.25, 0.3) is 10.1 Å². The maximum atomic E-state index is 11.9. The molecule has 0 spiro atoms. The summed E-state index contributed by atoms with van der Waals surface area (Å²) < 4.78 is 32.7. The normalized spacial score (nSPS) is 11.1. The molecule has 26 heavy (non-hydrogen) atoms. The summed E-state index contributed by atoms with van der Waals surface area (Å²) in [6, 6.07) is 8.93. The van der Waals surface area contributed by atoms with Crippen molar-refractivity contribution in [1.82, 2.24) is 9.78 Å². The molecule has 0 saturated carbocycles. The third kappa shape index (κ3) is 5.86. The molecule has 2 rings (SSSR count). The van der Waals surface area contributed by atoms with Crippen LogP contribution in [0.3, 0.4) is 0 Å². The van der Waals surface area contributed by atoms with Gasteiger partial charge < -0.3 is 9.84 Å². The molecule has 0 bridgehead atoms. The maximum absolute atomic E-state index is 11.9. The summed E-state index contributed by atoms with van der Waals surface area (Å²) in [5.74, 6) is -1.44. The van der Waals surface area contributed by atoms with Crippen LogP contribution in [0.2, 0.25) is 0 Å². The van der Waals surface area contributed by atoms with Gasteiger partial charge in [-0.25, -0.2) is 14.3 Å². The first-order valence-corrected chi connectivity index (χ1v) is 9.19. The van der Waals surface area contributed by atoms with E-state index in [-0.39, 0.29) is 31.1 Å². The minimum Gasteiger partial charge on any atom is -0.477 e. The van der Waals surface area contributed by atoms with Crippen LogP contribution in [0.4, 0.5) is 10.6 Å². The van der Waals surface area contributed by atoms with Crippen molar-refractivity contribution in [3.05, 3.63) is 47.7 Å². The first-order chi connectivity index (χ1) is 12.3. The number of carbonyl (C=O) groups is 2. The smallest absolute Gasteiger partial charge is 0.413 e. The summed E-state index contributed by atoms with van der Waals surface area (Å²) in [6.07, 6.45) is 1.05. The maximum Gasteiger partial charge on any atom is 0.413 e. The predicted molar refractivity (Wildman–Crippen MR) is 90.2 cm³/mol. The zero-order valence-corrected chi connectivity index (χ0v) is 14.6. The molecule has 0 fully saturated rings. The van der Waals surface area contributed by atoms with E-state index in [0.29, 0.717) is 0 Å². The zero-order chi connectivity index (χ0) is 19.2. The highest BCUT2D eigenvalue weighted by Gasteiger charge is 2.20. The van der Waals surface area contributed by atoms with Crippen LogP contribution in [0.5, 0.6) is 0 Å². The largest absolute Gasteiger partial charge is 0.477 e. The number of carboxylic acids is 1. The summed E-state index contributed by atoms with van der Waals surface area (Å²) in [4.78, 5) is 23.2. The number of ether oxygens (including phenoxy) is 1. The fourth-order valence-electron chi connectivity index (χ4n) is 1.97. The second-order valence-electron chi connectivity index (χ2n) is 5.15. The Labute approximate surface area is 149 Å². The lowest BCUT2D eigenvalue weighted by atomic mass is 10.2. The van der Waals surface area contributed by atoms with Gasteiger partial charge in [-0.05, 0) is 5.56 Å². The quantitative estimate of drug-likeness (QED) is 0.651. The number of anilines is 1. The highest BCUT2D eigenvalue weighted by atomic mass is 32.2. The molecular weight excluding hydrogens is 366 g/mol. The van der Waals surface area contributed by atoms with E-state index in [1.54, 1.807) is 24.3 Å². The average Bonchev–Trinajstić information content (AvgIpc) is 2.96. The lowest BCUT2D eigenvalue weighted by Crippen LogP contribution is -2.20. The third-order valence-electron chi connectivity index (χ3n) is 3.10. The molecule has 1 amide bonds. The number of carboxylic acid groups (broad SMARTS) is 1. The lowest BCUT2D eigenvalue weighted by molar-refractivity contribution is 0.0698. The van der Waals surface area contributed by atoms with Crippen molar-refractivity contribution in [2.24, 2.45) is 0 Å². The summed E-state index contributed by atoms with van der Waals surface area (Å²) in [6.45, 7) is -0.359. The van der Waals surface area contributed by atoms with Gasteiger partial charge in [0.1, 0.15) is 18.0 Å². The van der Waals surface area contributed by atoms with Crippen molar-refractivity contribution in [1.29, 1.82) is 0 Å². The minimum absolute atomic E-state index is 0.000401. The number of amides is 1. The monoisotopic (exact) mass is 383 g/mol. The van der Waals surface area contributed by atoms with Crippen molar-refractivity contribution in [2.75, 3.05) is 18.2 Å². The SMILES string of the molecule is CS(=O)(=O)OCCn1ncc(C(=O)O)c1NC(=O)OCc1ccccc1. The van der Waals surface area contributed by atoms with E-state index in [1.807, 2.05) is 6.07 Å². The molecule has 0 aliphatic rings. The fraction of sp³-hybridized carbons (Fsp3) is 0.267. The van der Waals surface area contributed by atoms with Crippen LogP contribution >= 0.6 is 0 Å². The molecule has 0 unspecified atom stereocenters. The second-order valence-corrected chi connectivity index (χ2v) is 6.79. The molecule has 2 N–H and O–H groups in total. The van der Waals surface area contributed by atoms with Crippen molar-refractivity contribution < 1.29 is 32.0 Å². The molecule has 0 radical (unpaired) electrons. The Morgan fingerprint density at radius 2 is 1.96 bits per heavy atom. The number of carbonyl (C=O) groups excluding carboxylic acids is 1. The highest BCUT2D eigenvalue weighted by Crippen LogP contribution is 2.16. The molecule has 10 nitrogen and oxygen atoms in total. The van der Waals surface area contributed by atoms with Crippen LogP contribution in [0.25, 0.3) is 0 Å². The van der Waals surface area contributed by atoms with E-state index in [1.165, 1.54) is 0 Å². The van der Waals surface area contributed by atoms with Gasteiger partial charge in [0.15, 0.2) is 0 Å². The van der Waals surface area contributed by atoms with Crippen LogP contribution in [0.15, 0.2) is 36.5 Å². The second kappa shape index (κ2) is 8.45. The van der Waals surface area contributed by atoms with E-state index in [9.17, 15) is 23.1 Å². The molecule has 1 aromatic carbocycles. The van der Waals surface area contributed by atoms with Gasteiger partial charge in [0, 0.05) is 0 Å². The number of nitrogens with zero attached hydrogens (tertiary/aromatic N) is 2. The van der Waals surface area contributed by atoms with Crippen LogP contribution < -0.4 is 5.32 Å². The third-order valence-corrected chi connectivity index (χ3v) is 3.70. The summed E-state index contributed by atoms with van der Waals surface area (Å²) in [5, 5.41) is 15.3. The number of hydrogen-bond donors (Lipinski definition) is 2. The summed E-state index contributed by atoms with van der Waals surface area (Å²) in [5.41, 5.74) is 0.497. The first kappa shape index (κ1) is 19.4. The molecule has 0 saturated heterocycles. The average molecular weight is 383 g/mol. The Morgan fingerprint density at radius 3 is 2.58 bits per heavy atom. The van der Waals surface area contributed by atoms with Crippen LogP contribution in [-0.2, 0) is 32.2 Å². The van der Waals surface area contributed by atoms with E-state index >= 15 is 0 Å². The fourth-order valence-corrected chi connectivity index (χ4v) is 2.35. The van der Waals surface area contributed by atoms with Crippen molar-refractivity contribution in [3.63, 3.8) is 0 Å². The van der Waals surface area contributed by atoms with Crippen LogP contribution in [-0.4, -0.2) is 48.2 Å². The molecule has 0 atom stereocenters. The van der Waals surface area contributed by atoms with E-state index < -0.39 is 22.2 Å². The van der Waals surface area contributed by atoms with Crippen LogP contribution in [0, 0.1) is 0 Å². The lowest BCUT2D eigenvalue weighted by Gasteiger charge is -2.10. The number of rotatable bonds is 8. The van der Waals surface area contributed by atoms with Gasteiger partial charge >= 0.3 is 12.1 Å².